The molecule has 1 saturated carbocycles. The summed E-state index contributed by atoms with van der Waals surface area (Å²) >= 11 is 0. The molecule has 4 rings (SSSR count). The Hall–Kier alpha value is -2.78. The van der Waals surface area contributed by atoms with Gasteiger partial charge >= 0.3 is 0 Å². The van der Waals surface area contributed by atoms with Crippen molar-refractivity contribution in [3.8, 4) is 0 Å². The molecular formula is C27H34FN3O4S. The zero-order chi connectivity index (χ0) is 25.7. The van der Waals surface area contributed by atoms with Gasteiger partial charge in [0.2, 0.25) is 21.8 Å². The lowest BCUT2D eigenvalue weighted by molar-refractivity contribution is -0.127. The summed E-state index contributed by atoms with van der Waals surface area (Å²) in [6.07, 6.45) is 5.03. The van der Waals surface area contributed by atoms with Crippen molar-refractivity contribution in [3.05, 3.63) is 65.5 Å². The summed E-state index contributed by atoms with van der Waals surface area (Å²) in [5, 5.41) is 3.14. The largest absolute Gasteiger partial charge is 0.351 e. The first kappa shape index (κ1) is 26.3. The van der Waals surface area contributed by atoms with E-state index in [-0.39, 0.29) is 36.2 Å². The Morgan fingerprint density at radius 1 is 1.08 bits per heavy atom. The second-order valence-corrected chi connectivity index (χ2v) is 11.8. The fourth-order valence-electron chi connectivity index (χ4n) is 4.86. The van der Waals surface area contributed by atoms with E-state index < -0.39 is 27.8 Å². The van der Waals surface area contributed by atoms with Gasteiger partial charge in [0.1, 0.15) is 11.9 Å². The predicted octanol–water partition coefficient (Wildman–Crippen LogP) is 4.08. The molecule has 0 unspecified atom stereocenters. The van der Waals surface area contributed by atoms with Crippen LogP contribution in [0.15, 0.2) is 48.5 Å². The number of nitrogens with one attached hydrogen (secondary N) is 1. The average Bonchev–Trinajstić information content (AvgIpc) is 3.70. The molecule has 2 amide bonds. The van der Waals surface area contributed by atoms with Crippen LogP contribution in [0, 0.1) is 12.7 Å². The van der Waals surface area contributed by atoms with Crippen molar-refractivity contribution in [1.29, 1.82) is 0 Å². The number of hydrogen-bond donors (Lipinski definition) is 1. The highest BCUT2D eigenvalue weighted by Gasteiger charge is 2.36. The molecule has 2 aromatic rings. The third kappa shape index (κ3) is 6.50. The fraction of sp³-hybridized carbons (Fsp3) is 0.481. The Labute approximate surface area is 212 Å². The Morgan fingerprint density at radius 3 is 2.47 bits per heavy atom. The third-order valence-electron chi connectivity index (χ3n) is 6.89. The van der Waals surface area contributed by atoms with Crippen molar-refractivity contribution >= 4 is 27.5 Å². The van der Waals surface area contributed by atoms with Gasteiger partial charge in [-0.2, -0.15) is 4.31 Å². The van der Waals surface area contributed by atoms with Gasteiger partial charge in [-0.25, -0.2) is 12.8 Å². The molecule has 1 saturated heterocycles. The normalized spacial score (nSPS) is 17.4. The van der Waals surface area contributed by atoms with Crippen LogP contribution in [0.4, 0.5) is 10.1 Å². The average molecular weight is 516 g/mol. The van der Waals surface area contributed by atoms with E-state index in [0.29, 0.717) is 18.7 Å². The van der Waals surface area contributed by atoms with E-state index in [4.69, 9.17) is 0 Å². The number of amides is 2. The van der Waals surface area contributed by atoms with Crippen molar-refractivity contribution in [3.63, 3.8) is 0 Å². The van der Waals surface area contributed by atoms with Gasteiger partial charge in [-0.05, 0) is 55.5 Å². The van der Waals surface area contributed by atoms with Crippen LogP contribution in [0.3, 0.4) is 0 Å². The van der Waals surface area contributed by atoms with Gasteiger partial charge in [-0.3, -0.25) is 14.5 Å². The number of carbonyl (C=O) groups excluding carboxylic acids is 2. The summed E-state index contributed by atoms with van der Waals surface area (Å²) in [5.41, 5.74) is 1.75. The maximum Gasteiger partial charge on any atom is 0.248 e. The minimum absolute atomic E-state index is 0.0277. The lowest BCUT2D eigenvalue weighted by Crippen LogP contribution is -2.47. The monoisotopic (exact) mass is 515 g/mol. The number of aryl methyl sites for hydroxylation is 1. The molecule has 0 aromatic heterocycles. The van der Waals surface area contributed by atoms with Gasteiger partial charge in [-0.1, -0.05) is 49.6 Å². The molecule has 2 aromatic carbocycles. The topological polar surface area (TPSA) is 86.6 Å². The number of anilines is 1. The highest BCUT2D eigenvalue weighted by atomic mass is 32.2. The lowest BCUT2D eigenvalue weighted by atomic mass is 9.93. The Kier molecular flexibility index (Phi) is 8.41. The molecule has 2 fully saturated rings. The SMILES string of the molecule is Cc1ccccc1[C@H](C(=O)NC1CCCCC1)N(C(=O)CCCS(=O)(=O)N1CC1)c1cccc(F)c1. The van der Waals surface area contributed by atoms with Gasteiger partial charge in [-0.15, -0.1) is 0 Å². The second kappa shape index (κ2) is 11.5. The van der Waals surface area contributed by atoms with Gasteiger partial charge < -0.3 is 5.32 Å². The predicted molar refractivity (Wildman–Crippen MR) is 137 cm³/mol. The fourth-order valence-corrected chi connectivity index (χ4v) is 6.26. The van der Waals surface area contributed by atoms with Crippen LogP contribution >= 0.6 is 0 Å². The third-order valence-corrected chi connectivity index (χ3v) is 8.85. The maximum absolute atomic E-state index is 14.3. The molecular weight excluding hydrogens is 481 g/mol. The zero-order valence-electron chi connectivity index (χ0n) is 20.7. The van der Waals surface area contributed by atoms with E-state index in [2.05, 4.69) is 5.32 Å². The summed E-state index contributed by atoms with van der Waals surface area (Å²) < 4.78 is 40.2. The van der Waals surface area contributed by atoms with E-state index in [1.165, 1.54) is 27.4 Å². The van der Waals surface area contributed by atoms with E-state index in [9.17, 15) is 22.4 Å². The molecule has 1 aliphatic heterocycles. The number of halogens is 1. The van der Waals surface area contributed by atoms with Crippen LogP contribution in [0.2, 0.25) is 0 Å². The first-order valence-corrected chi connectivity index (χ1v) is 14.3. The molecule has 36 heavy (non-hydrogen) atoms. The highest BCUT2D eigenvalue weighted by molar-refractivity contribution is 7.89. The van der Waals surface area contributed by atoms with Crippen molar-refractivity contribution < 1.29 is 22.4 Å². The number of sulfonamides is 1. The van der Waals surface area contributed by atoms with E-state index in [0.717, 1.165) is 37.7 Å². The van der Waals surface area contributed by atoms with Crippen molar-refractivity contribution in [2.75, 3.05) is 23.7 Å². The summed E-state index contributed by atoms with van der Waals surface area (Å²) in [4.78, 5) is 28.8. The molecule has 9 heteroatoms. The van der Waals surface area contributed by atoms with Crippen LogP contribution < -0.4 is 10.2 Å². The van der Waals surface area contributed by atoms with Gasteiger partial charge in [0.25, 0.3) is 0 Å². The van der Waals surface area contributed by atoms with Crippen LogP contribution in [-0.4, -0.2) is 49.4 Å². The van der Waals surface area contributed by atoms with Crippen LogP contribution in [-0.2, 0) is 19.6 Å². The number of rotatable bonds is 10. The van der Waals surface area contributed by atoms with Crippen molar-refractivity contribution in [1.82, 2.24) is 9.62 Å². The molecule has 194 valence electrons. The molecule has 1 N–H and O–H groups in total. The van der Waals surface area contributed by atoms with E-state index in [1.54, 1.807) is 6.07 Å². The number of carbonyl (C=O) groups is 2. The summed E-state index contributed by atoms with van der Waals surface area (Å²) in [7, 11) is -3.37. The smallest absolute Gasteiger partial charge is 0.248 e. The lowest BCUT2D eigenvalue weighted by Gasteiger charge is -2.34. The van der Waals surface area contributed by atoms with Crippen molar-refractivity contribution in [2.24, 2.45) is 0 Å². The Morgan fingerprint density at radius 2 is 1.81 bits per heavy atom. The minimum Gasteiger partial charge on any atom is -0.351 e. The first-order chi connectivity index (χ1) is 17.3. The Bertz CT molecular complexity index is 1190. The van der Waals surface area contributed by atoms with Crippen molar-refractivity contribution in [2.45, 2.75) is 64.0 Å². The van der Waals surface area contributed by atoms with Gasteiger partial charge in [0, 0.05) is 31.2 Å². The molecule has 1 atom stereocenters. The minimum atomic E-state index is -3.37. The summed E-state index contributed by atoms with van der Waals surface area (Å²) in [6, 6.07) is 12.0. The van der Waals surface area contributed by atoms with E-state index in [1.807, 2.05) is 31.2 Å². The molecule has 0 bridgehead atoms. The first-order valence-electron chi connectivity index (χ1n) is 12.7. The maximum atomic E-state index is 14.3. The quantitative estimate of drug-likeness (QED) is 0.483. The summed E-state index contributed by atoms with van der Waals surface area (Å²) in [5.74, 6) is -1.40. The molecule has 2 aliphatic rings. The molecule has 0 spiro atoms. The number of benzene rings is 2. The van der Waals surface area contributed by atoms with Crippen LogP contribution in [0.25, 0.3) is 0 Å². The molecule has 1 aliphatic carbocycles. The molecule has 7 nitrogen and oxygen atoms in total. The standard InChI is InChI=1S/C27H34FN3O4S/c1-20-9-5-6-14-24(20)26(27(33)29-22-11-3-2-4-12-22)31(23-13-7-10-21(28)19-23)25(32)15-8-18-36(34,35)30-16-17-30/h5-7,9-10,13-14,19,22,26H,2-4,8,11-12,15-18H2,1H3,(H,29,33)/t26-/m1/s1. The highest BCUT2D eigenvalue weighted by Crippen LogP contribution is 2.32. The van der Waals surface area contributed by atoms with Gasteiger partial charge in [0.15, 0.2) is 0 Å². The number of hydrogen-bond acceptors (Lipinski definition) is 4. The molecule has 1 heterocycles. The van der Waals surface area contributed by atoms with Gasteiger partial charge in [0.05, 0.1) is 5.75 Å². The van der Waals surface area contributed by atoms with E-state index >= 15 is 0 Å². The second-order valence-electron chi connectivity index (χ2n) is 9.66. The van der Waals surface area contributed by atoms with Crippen LogP contribution in [0.1, 0.15) is 62.1 Å². The number of nitrogens with zero attached hydrogens (tertiary/aromatic N) is 2. The summed E-state index contributed by atoms with van der Waals surface area (Å²) in [6.45, 7) is 2.91. The molecule has 0 radical (unpaired) electrons. The van der Waals surface area contributed by atoms with Crippen LogP contribution in [0.5, 0.6) is 0 Å². The zero-order valence-corrected chi connectivity index (χ0v) is 21.5. The Balaban J connectivity index is 1.66.